The number of carbonyl (C=O) groups excluding carboxylic acids is 1. The third-order valence-corrected chi connectivity index (χ3v) is 5.97. The van der Waals surface area contributed by atoms with Gasteiger partial charge in [0.15, 0.2) is 11.5 Å². The Morgan fingerprint density at radius 3 is 2.31 bits per heavy atom. The number of hydrogen-bond donors (Lipinski definition) is 0. The molecular formula is C24H32N2O6. The summed E-state index contributed by atoms with van der Waals surface area (Å²) in [4.78, 5) is 26.6. The summed E-state index contributed by atoms with van der Waals surface area (Å²) in [6.07, 6.45) is 2.40. The first-order valence-electron chi connectivity index (χ1n) is 10.8. The molecule has 2 heterocycles. The van der Waals surface area contributed by atoms with Crippen LogP contribution in [0.2, 0.25) is 0 Å². The van der Waals surface area contributed by atoms with Crippen LogP contribution in [0.5, 0.6) is 23.0 Å². The second-order valence-corrected chi connectivity index (χ2v) is 7.92. The summed E-state index contributed by atoms with van der Waals surface area (Å²) in [5.41, 5.74) is 1.67. The number of ether oxygens (including phenoxy) is 4. The van der Waals surface area contributed by atoms with E-state index in [0.717, 1.165) is 24.1 Å². The van der Waals surface area contributed by atoms with Crippen molar-refractivity contribution in [2.24, 2.45) is 7.05 Å². The van der Waals surface area contributed by atoms with Crippen molar-refractivity contribution in [2.45, 2.75) is 38.7 Å². The van der Waals surface area contributed by atoms with Gasteiger partial charge in [-0.1, -0.05) is 6.07 Å². The van der Waals surface area contributed by atoms with E-state index in [2.05, 4.69) is 0 Å². The highest BCUT2D eigenvalue weighted by Crippen LogP contribution is 2.40. The van der Waals surface area contributed by atoms with Gasteiger partial charge in [-0.25, -0.2) is 0 Å². The van der Waals surface area contributed by atoms with Gasteiger partial charge in [-0.15, -0.1) is 0 Å². The minimum absolute atomic E-state index is 0.00324. The number of rotatable bonds is 8. The summed E-state index contributed by atoms with van der Waals surface area (Å²) in [7, 11) is 6.46. The lowest BCUT2D eigenvalue weighted by Gasteiger charge is -2.32. The molecule has 0 atom stereocenters. The summed E-state index contributed by atoms with van der Waals surface area (Å²) in [6, 6.07) is 7.11. The molecule has 1 aliphatic heterocycles. The summed E-state index contributed by atoms with van der Waals surface area (Å²) in [6.45, 7) is 3.15. The molecule has 0 N–H and O–H groups in total. The smallest absolute Gasteiger partial charge is 0.254 e. The molecule has 1 aromatic carbocycles. The third kappa shape index (κ3) is 5.18. The van der Waals surface area contributed by atoms with Gasteiger partial charge in [0.25, 0.3) is 5.56 Å². The highest BCUT2D eigenvalue weighted by atomic mass is 16.5. The quantitative estimate of drug-likeness (QED) is 0.623. The van der Waals surface area contributed by atoms with Gasteiger partial charge in [0.1, 0.15) is 11.9 Å². The number of carbonyl (C=O) groups is 1. The number of hydrogen-bond acceptors (Lipinski definition) is 6. The van der Waals surface area contributed by atoms with Crippen LogP contribution < -0.4 is 24.5 Å². The van der Waals surface area contributed by atoms with Crippen molar-refractivity contribution in [2.75, 3.05) is 34.4 Å². The molecule has 1 aliphatic rings. The Balaban J connectivity index is 1.55. The van der Waals surface area contributed by atoms with E-state index in [1.165, 1.54) is 6.07 Å². The lowest BCUT2D eigenvalue weighted by atomic mass is 10.0. The molecule has 8 nitrogen and oxygen atoms in total. The largest absolute Gasteiger partial charge is 0.493 e. The van der Waals surface area contributed by atoms with Crippen molar-refractivity contribution in [1.82, 2.24) is 9.47 Å². The monoisotopic (exact) mass is 444 g/mol. The minimum Gasteiger partial charge on any atom is -0.493 e. The average molecular weight is 445 g/mol. The SMILES string of the molecule is COc1ccc(CCC(=O)N2CCC(Oc3cc(C)n(C)c(=O)c3)CC2)c(OC)c1OC. The van der Waals surface area contributed by atoms with Crippen LogP contribution >= 0.6 is 0 Å². The van der Waals surface area contributed by atoms with Crippen molar-refractivity contribution in [3.05, 3.63) is 45.9 Å². The Morgan fingerprint density at radius 1 is 1.03 bits per heavy atom. The van der Waals surface area contributed by atoms with Crippen LogP contribution in [0.4, 0.5) is 0 Å². The first kappa shape index (κ1) is 23.5. The molecule has 3 rings (SSSR count). The molecule has 32 heavy (non-hydrogen) atoms. The summed E-state index contributed by atoms with van der Waals surface area (Å²) < 4.78 is 23.8. The predicted molar refractivity (Wildman–Crippen MR) is 121 cm³/mol. The van der Waals surface area contributed by atoms with Crippen LogP contribution in [0.15, 0.2) is 29.1 Å². The van der Waals surface area contributed by atoms with Crippen molar-refractivity contribution in [1.29, 1.82) is 0 Å². The molecule has 174 valence electrons. The first-order chi connectivity index (χ1) is 15.4. The van der Waals surface area contributed by atoms with E-state index >= 15 is 0 Å². The summed E-state index contributed by atoms with van der Waals surface area (Å²) in [5.74, 6) is 2.41. The molecule has 1 saturated heterocycles. The van der Waals surface area contributed by atoms with Gasteiger partial charge in [-0.05, 0) is 31.0 Å². The van der Waals surface area contributed by atoms with Crippen LogP contribution in [-0.2, 0) is 18.3 Å². The number of aryl methyl sites for hydroxylation is 2. The van der Waals surface area contributed by atoms with Crippen molar-refractivity contribution in [3.8, 4) is 23.0 Å². The Morgan fingerprint density at radius 2 is 1.72 bits per heavy atom. The zero-order valence-electron chi connectivity index (χ0n) is 19.5. The highest BCUT2D eigenvalue weighted by molar-refractivity contribution is 5.76. The normalized spacial score (nSPS) is 14.2. The Labute approximate surface area is 188 Å². The second-order valence-electron chi connectivity index (χ2n) is 7.92. The minimum atomic E-state index is -0.0850. The number of aromatic nitrogens is 1. The maximum Gasteiger partial charge on any atom is 0.254 e. The van der Waals surface area contributed by atoms with Gasteiger partial charge in [-0.3, -0.25) is 9.59 Å². The molecule has 2 aromatic rings. The van der Waals surface area contributed by atoms with Gasteiger partial charge in [0.05, 0.1) is 21.3 Å². The number of pyridine rings is 1. The Hall–Kier alpha value is -3.16. The van der Waals surface area contributed by atoms with Gasteiger partial charge in [0.2, 0.25) is 11.7 Å². The molecule has 0 spiro atoms. The standard InChI is InChI=1S/C24H32N2O6/c1-16-14-19(15-22(28)25(16)2)32-18-10-12-26(13-11-18)21(27)9-7-17-6-8-20(29-3)24(31-5)23(17)30-4/h6,8,14-15,18H,7,9-13H2,1-5H3. The maximum atomic E-state index is 12.8. The highest BCUT2D eigenvalue weighted by Gasteiger charge is 2.25. The number of benzene rings is 1. The van der Waals surface area contributed by atoms with E-state index in [0.29, 0.717) is 48.9 Å². The van der Waals surface area contributed by atoms with Crippen molar-refractivity contribution in [3.63, 3.8) is 0 Å². The molecule has 0 bridgehead atoms. The molecule has 0 saturated carbocycles. The average Bonchev–Trinajstić information content (AvgIpc) is 2.80. The molecule has 1 aromatic heterocycles. The number of likely N-dealkylation sites (tertiary alicyclic amines) is 1. The van der Waals surface area contributed by atoms with Crippen LogP contribution in [-0.4, -0.2) is 55.9 Å². The van der Waals surface area contributed by atoms with Crippen molar-refractivity contribution >= 4 is 5.91 Å². The molecule has 1 amide bonds. The van der Waals surface area contributed by atoms with Gasteiger partial charge in [0, 0.05) is 51.2 Å². The molecule has 1 fully saturated rings. The fourth-order valence-corrected chi connectivity index (χ4v) is 3.98. The first-order valence-corrected chi connectivity index (χ1v) is 10.8. The van der Waals surface area contributed by atoms with E-state index < -0.39 is 0 Å². The second kappa shape index (κ2) is 10.4. The Kier molecular flexibility index (Phi) is 7.66. The van der Waals surface area contributed by atoms with Crippen LogP contribution in [0.3, 0.4) is 0 Å². The number of piperidine rings is 1. The van der Waals surface area contributed by atoms with Crippen molar-refractivity contribution < 1.29 is 23.7 Å². The van der Waals surface area contributed by atoms with Gasteiger partial charge in [-0.2, -0.15) is 0 Å². The fourth-order valence-electron chi connectivity index (χ4n) is 3.98. The maximum absolute atomic E-state index is 12.8. The van der Waals surface area contributed by atoms with E-state index in [1.807, 2.05) is 30.0 Å². The zero-order chi connectivity index (χ0) is 23.3. The number of amides is 1. The fraction of sp³-hybridized carbons (Fsp3) is 0.500. The Bertz CT molecular complexity index is 1010. The van der Waals surface area contributed by atoms with Gasteiger partial charge < -0.3 is 28.4 Å². The van der Waals surface area contributed by atoms with Crippen LogP contribution in [0, 0.1) is 6.92 Å². The number of methoxy groups -OCH3 is 3. The number of nitrogens with zero attached hydrogens (tertiary/aromatic N) is 2. The van der Waals surface area contributed by atoms with Gasteiger partial charge >= 0.3 is 0 Å². The zero-order valence-corrected chi connectivity index (χ0v) is 19.5. The van der Waals surface area contributed by atoms with E-state index in [1.54, 1.807) is 32.9 Å². The van der Waals surface area contributed by atoms with E-state index in [4.69, 9.17) is 18.9 Å². The van der Waals surface area contributed by atoms with Crippen LogP contribution in [0.25, 0.3) is 0 Å². The van der Waals surface area contributed by atoms with E-state index in [-0.39, 0.29) is 17.6 Å². The lowest BCUT2D eigenvalue weighted by molar-refractivity contribution is -0.132. The molecule has 8 heteroatoms. The summed E-state index contributed by atoms with van der Waals surface area (Å²) >= 11 is 0. The topological polar surface area (TPSA) is 79.2 Å². The molecule has 0 radical (unpaired) electrons. The lowest BCUT2D eigenvalue weighted by Crippen LogP contribution is -2.42. The van der Waals surface area contributed by atoms with E-state index in [9.17, 15) is 9.59 Å². The molecule has 0 unspecified atom stereocenters. The molecular weight excluding hydrogens is 412 g/mol. The summed E-state index contributed by atoms with van der Waals surface area (Å²) in [5, 5.41) is 0. The predicted octanol–water partition coefficient (Wildman–Crippen LogP) is 2.72. The third-order valence-electron chi connectivity index (χ3n) is 5.97. The molecule has 0 aliphatic carbocycles. The van der Waals surface area contributed by atoms with Crippen LogP contribution in [0.1, 0.15) is 30.5 Å².